The van der Waals surface area contributed by atoms with E-state index in [9.17, 15) is 0 Å². The van der Waals surface area contributed by atoms with Crippen molar-refractivity contribution >= 4 is 12.4 Å². The van der Waals surface area contributed by atoms with E-state index in [1.807, 2.05) is 0 Å². The molecule has 1 rings (SSSR count). The first kappa shape index (κ1) is 10.8. The summed E-state index contributed by atoms with van der Waals surface area (Å²) in [5, 5.41) is 0. The van der Waals surface area contributed by atoms with Crippen LogP contribution in [0.4, 0.5) is 0 Å². The summed E-state index contributed by atoms with van der Waals surface area (Å²) < 4.78 is 4.94. The van der Waals surface area contributed by atoms with Crippen LogP contribution in [-0.4, -0.2) is 13.2 Å². The van der Waals surface area contributed by atoms with Gasteiger partial charge in [-0.25, -0.2) is 0 Å². The third kappa shape index (κ3) is 4.73. The third-order valence-electron chi connectivity index (χ3n) is 0.827. The maximum absolute atomic E-state index is 4.94. The minimum absolute atomic E-state index is 0. The Bertz CT molecular complexity index is 23.3. The van der Waals surface area contributed by atoms with Crippen molar-refractivity contribution in [3.8, 4) is 0 Å². The van der Waals surface area contributed by atoms with Gasteiger partial charge in [0.05, 0.1) is 0 Å². The Kier molecular flexibility index (Phi) is 10.6. The minimum atomic E-state index is 0. The molecule has 0 unspecified atom stereocenters. The van der Waals surface area contributed by atoms with E-state index >= 15 is 0 Å². The van der Waals surface area contributed by atoms with E-state index in [-0.39, 0.29) is 31.9 Å². The summed E-state index contributed by atoms with van der Waals surface area (Å²) >= 11 is 0. The van der Waals surface area contributed by atoms with Gasteiger partial charge in [0, 0.05) is 32.7 Å². The van der Waals surface area contributed by atoms with Crippen LogP contribution in [0.2, 0.25) is 0 Å². The zero-order valence-corrected chi connectivity index (χ0v) is 8.14. The normalized spacial score (nSPS) is 17.1. The van der Waals surface area contributed by atoms with E-state index in [1.54, 1.807) is 0 Å². The quantitative estimate of drug-likeness (QED) is 0.501. The van der Waals surface area contributed by atoms with Crippen molar-refractivity contribution < 1.29 is 24.2 Å². The summed E-state index contributed by atoms with van der Waals surface area (Å²) in [5.74, 6) is 0. The van der Waals surface area contributed by atoms with Crippen molar-refractivity contribution in [2.75, 3.05) is 13.2 Å². The van der Waals surface area contributed by atoms with E-state index in [2.05, 4.69) is 0 Å². The first-order chi connectivity index (χ1) is 2.50. The molecule has 0 N–H and O–H groups in total. The molecule has 1 aliphatic heterocycles. The molecular weight excluding hydrogens is 165 g/mol. The molecular formula is C4H9ClOZn. The predicted molar refractivity (Wildman–Crippen MR) is 27.3 cm³/mol. The van der Waals surface area contributed by atoms with Crippen molar-refractivity contribution in [2.45, 2.75) is 12.8 Å². The standard InChI is InChI=1S/C4H8O.ClH.Zn/c1-2-4-5-3-1;;/h1-4H2;1H;. The topological polar surface area (TPSA) is 9.23 Å². The SMILES string of the molecule is C1CCOC1.Cl.[Zn]. The largest absolute Gasteiger partial charge is 0.381 e. The molecule has 0 spiro atoms. The van der Waals surface area contributed by atoms with Crippen LogP contribution in [0.1, 0.15) is 12.8 Å². The molecule has 1 nitrogen and oxygen atoms in total. The monoisotopic (exact) mass is 172 g/mol. The Labute approximate surface area is 63.0 Å². The first-order valence-electron chi connectivity index (χ1n) is 2.08. The molecule has 0 aliphatic carbocycles. The van der Waals surface area contributed by atoms with Crippen LogP contribution >= 0.6 is 12.4 Å². The maximum atomic E-state index is 4.94. The van der Waals surface area contributed by atoms with Gasteiger partial charge in [-0.15, -0.1) is 12.4 Å². The van der Waals surface area contributed by atoms with Crippen LogP contribution in [-0.2, 0) is 24.2 Å². The minimum Gasteiger partial charge on any atom is -0.381 e. The summed E-state index contributed by atoms with van der Waals surface area (Å²) in [6, 6.07) is 0. The van der Waals surface area contributed by atoms with Gasteiger partial charge < -0.3 is 4.74 Å². The number of hydrogen-bond donors (Lipinski definition) is 0. The van der Waals surface area contributed by atoms with Gasteiger partial charge in [-0.2, -0.15) is 0 Å². The molecule has 1 saturated heterocycles. The van der Waals surface area contributed by atoms with Crippen molar-refractivity contribution in [1.82, 2.24) is 0 Å². The second-order valence-corrected chi connectivity index (χ2v) is 1.32. The van der Waals surface area contributed by atoms with Crippen LogP contribution in [0.5, 0.6) is 0 Å². The number of rotatable bonds is 0. The van der Waals surface area contributed by atoms with Gasteiger partial charge in [0.2, 0.25) is 0 Å². The third-order valence-corrected chi connectivity index (χ3v) is 0.827. The Morgan fingerprint density at radius 2 is 1.43 bits per heavy atom. The number of ether oxygens (including phenoxy) is 1. The summed E-state index contributed by atoms with van der Waals surface area (Å²) in [5.41, 5.74) is 0. The Morgan fingerprint density at radius 3 is 1.57 bits per heavy atom. The second kappa shape index (κ2) is 6.87. The average Bonchev–Trinajstić information content (AvgIpc) is 1.76. The van der Waals surface area contributed by atoms with E-state index < -0.39 is 0 Å². The van der Waals surface area contributed by atoms with E-state index in [0.29, 0.717) is 0 Å². The van der Waals surface area contributed by atoms with E-state index in [0.717, 1.165) is 13.2 Å². The summed E-state index contributed by atoms with van der Waals surface area (Å²) in [4.78, 5) is 0. The molecule has 0 radical (unpaired) electrons. The molecule has 7 heavy (non-hydrogen) atoms. The molecule has 0 atom stereocenters. The molecule has 1 aliphatic rings. The molecule has 0 aromatic carbocycles. The van der Waals surface area contributed by atoms with Gasteiger partial charge in [0.15, 0.2) is 0 Å². The van der Waals surface area contributed by atoms with E-state index in [1.165, 1.54) is 12.8 Å². The first-order valence-corrected chi connectivity index (χ1v) is 2.08. The Morgan fingerprint density at radius 1 is 1.00 bits per heavy atom. The average molecular weight is 174 g/mol. The van der Waals surface area contributed by atoms with Gasteiger partial charge in [-0.1, -0.05) is 0 Å². The van der Waals surface area contributed by atoms with Gasteiger partial charge in [0.25, 0.3) is 0 Å². The van der Waals surface area contributed by atoms with Gasteiger partial charge in [-0.3, -0.25) is 0 Å². The fourth-order valence-electron chi connectivity index (χ4n) is 0.510. The van der Waals surface area contributed by atoms with Gasteiger partial charge >= 0.3 is 0 Å². The molecule has 1 fully saturated rings. The van der Waals surface area contributed by atoms with Crippen molar-refractivity contribution in [2.24, 2.45) is 0 Å². The Balaban J connectivity index is 0. The van der Waals surface area contributed by atoms with E-state index in [4.69, 9.17) is 4.74 Å². The van der Waals surface area contributed by atoms with Gasteiger partial charge in [-0.05, 0) is 12.8 Å². The summed E-state index contributed by atoms with van der Waals surface area (Å²) in [6.07, 6.45) is 2.56. The summed E-state index contributed by atoms with van der Waals surface area (Å²) in [7, 11) is 0. The molecule has 0 amide bonds. The fourth-order valence-corrected chi connectivity index (χ4v) is 0.510. The fraction of sp³-hybridized carbons (Fsp3) is 1.00. The van der Waals surface area contributed by atoms with Crippen molar-refractivity contribution in [3.63, 3.8) is 0 Å². The second-order valence-electron chi connectivity index (χ2n) is 1.32. The van der Waals surface area contributed by atoms with Crippen molar-refractivity contribution in [3.05, 3.63) is 0 Å². The zero-order valence-electron chi connectivity index (χ0n) is 4.35. The van der Waals surface area contributed by atoms with Crippen molar-refractivity contribution in [1.29, 1.82) is 0 Å². The van der Waals surface area contributed by atoms with Crippen LogP contribution < -0.4 is 0 Å². The predicted octanol–water partition coefficient (Wildman–Crippen LogP) is 1.22. The molecule has 0 aromatic heterocycles. The molecule has 0 bridgehead atoms. The number of halogens is 1. The van der Waals surface area contributed by atoms with Gasteiger partial charge in [0.1, 0.15) is 0 Å². The maximum Gasteiger partial charge on any atom is 0.0466 e. The molecule has 0 aromatic rings. The van der Waals surface area contributed by atoms with Crippen LogP contribution in [0.3, 0.4) is 0 Å². The smallest absolute Gasteiger partial charge is 0.0466 e. The molecule has 3 heteroatoms. The zero-order chi connectivity index (χ0) is 3.54. The van der Waals surface area contributed by atoms with Crippen LogP contribution in [0.25, 0.3) is 0 Å². The molecule has 0 saturated carbocycles. The molecule has 1 heterocycles. The van der Waals surface area contributed by atoms with Crippen LogP contribution in [0.15, 0.2) is 0 Å². The number of hydrogen-bond acceptors (Lipinski definition) is 1. The molecule has 40 valence electrons. The Hall–Kier alpha value is 0.873. The van der Waals surface area contributed by atoms with Crippen LogP contribution in [0, 0.1) is 0 Å². The summed E-state index contributed by atoms with van der Waals surface area (Å²) in [6.45, 7) is 2.00.